The van der Waals surface area contributed by atoms with Crippen molar-refractivity contribution in [3.63, 3.8) is 0 Å². The molecule has 0 fully saturated rings. The van der Waals surface area contributed by atoms with Gasteiger partial charge < -0.3 is 9.13 Å². The lowest BCUT2D eigenvalue weighted by molar-refractivity contribution is 1.17. The molecule has 0 aliphatic carbocycles. The number of hydrogen-bond donors (Lipinski definition) is 0. The predicted octanol–water partition coefficient (Wildman–Crippen LogP) is 9.55. The van der Waals surface area contributed by atoms with Gasteiger partial charge in [-0.15, -0.1) is 0 Å². The minimum Gasteiger partial charge on any atom is -0.309 e. The number of hydrogen-bond acceptors (Lipinski definition) is 0. The first-order valence-electron chi connectivity index (χ1n) is 16.4. The molecule has 2 aromatic heterocycles. The molecule has 8 aromatic rings. The molecule has 0 saturated heterocycles. The fraction of sp³-hybridized carbons (Fsp3) is 0. The van der Waals surface area contributed by atoms with Gasteiger partial charge in [0.1, 0.15) is 0 Å². The van der Waals surface area contributed by atoms with Gasteiger partial charge in [-0.05, 0) is 53.5 Å². The highest BCUT2D eigenvalue weighted by atomic mass is 15.0. The van der Waals surface area contributed by atoms with E-state index in [9.17, 15) is 0 Å². The summed E-state index contributed by atoms with van der Waals surface area (Å²) in [6.07, 6.45) is 0. The van der Waals surface area contributed by atoms with Crippen LogP contribution in [0.4, 0.5) is 0 Å². The van der Waals surface area contributed by atoms with Gasteiger partial charge in [-0.2, -0.15) is 0 Å². The van der Waals surface area contributed by atoms with Crippen molar-refractivity contribution >= 4 is 43.6 Å². The molecule has 0 spiro atoms. The SMILES string of the molecule is [2H]c1c([2H])c([2H])c2c(c1[2H])c1c([2H])c([2H])c([2H])c([2H])c1n2-c1cccc2c1c1ccccc1n2-c1cccc(-c2ccccc2)c1. The number of rotatable bonds is 3. The lowest BCUT2D eigenvalue weighted by Crippen LogP contribution is -1.96. The van der Waals surface area contributed by atoms with Crippen molar-refractivity contribution in [2.45, 2.75) is 0 Å². The fourth-order valence-electron chi connectivity index (χ4n) is 5.58. The van der Waals surface area contributed by atoms with Crippen molar-refractivity contribution in [3.05, 3.63) is 145 Å². The van der Waals surface area contributed by atoms with Gasteiger partial charge in [-0.25, -0.2) is 0 Å². The van der Waals surface area contributed by atoms with E-state index in [2.05, 4.69) is 28.8 Å². The fourth-order valence-corrected chi connectivity index (χ4v) is 5.58. The van der Waals surface area contributed by atoms with Crippen LogP contribution in [0.15, 0.2) is 145 Å². The second-order valence-electron chi connectivity index (χ2n) is 9.22. The number of benzene rings is 6. The Hall–Kier alpha value is -5.08. The van der Waals surface area contributed by atoms with Crippen LogP contribution in [0.5, 0.6) is 0 Å². The molecular weight excluding hydrogens is 460 g/mol. The summed E-state index contributed by atoms with van der Waals surface area (Å²) in [7, 11) is 0. The zero-order valence-electron chi connectivity index (χ0n) is 28.1. The van der Waals surface area contributed by atoms with Gasteiger partial charge in [0.05, 0.1) is 38.7 Å². The highest BCUT2D eigenvalue weighted by molar-refractivity contribution is 6.16. The number of aromatic nitrogens is 2. The maximum atomic E-state index is 8.98. The number of nitrogens with zero attached hydrogens (tertiary/aromatic N) is 2. The Morgan fingerprint density at radius 2 is 1.08 bits per heavy atom. The van der Waals surface area contributed by atoms with Crippen molar-refractivity contribution < 1.29 is 11.0 Å². The molecule has 0 aliphatic heterocycles. The molecule has 178 valence electrons. The third kappa shape index (κ3) is 3.01. The van der Waals surface area contributed by atoms with Crippen LogP contribution < -0.4 is 0 Å². The van der Waals surface area contributed by atoms with Crippen LogP contribution in [-0.4, -0.2) is 9.13 Å². The Labute approximate surface area is 231 Å². The molecule has 0 amide bonds. The van der Waals surface area contributed by atoms with Gasteiger partial charge in [0.25, 0.3) is 0 Å². The predicted molar refractivity (Wildman–Crippen MR) is 161 cm³/mol. The Balaban J connectivity index is 1.56. The van der Waals surface area contributed by atoms with Gasteiger partial charge in [0.2, 0.25) is 0 Å². The molecule has 6 aromatic carbocycles. The van der Waals surface area contributed by atoms with Gasteiger partial charge in [-0.3, -0.25) is 0 Å². The van der Waals surface area contributed by atoms with Crippen molar-refractivity contribution in [1.82, 2.24) is 9.13 Å². The quantitative estimate of drug-likeness (QED) is 0.232. The number of para-hydroxylation sites is 3. The second-order valence-corrected chi connectivity index (χ2v) is 9.22. The summed E-state index contributed by atoms with van der Waals surface area (Å²) in [4.78, 5) is 0. The van der Waals surface area contributed by atoms with E-state index in [0.29, 0.717) is 5.69 Å². The first-order chi connectivity index (χ1) is 22.2. The lowest BCUT2D eigenvalue weighted by atomic mass is 10.1. The zero-order valence-corrected chi connectivity index (χ0v) is 20.1. The van der Waals surface area contributed by atoms with Gasteiger partial charge in [0.15, 0.2) is 0 Å². The molecule has 0 unspecified atom stereocenters. The zero-order chi connectivity index (χ0) is 32.0. The Morgan fingerprint density at radius 1 is 0.447 bits per heavy atom. The molecule has 8 rings (SSSR count). The van der Waals surface area contributed by atoms with Crippen LogP contribution in [0.25, 0.3) is 66.1 Å². The van der Waals surface area contributed by atoms with E-state index in [4.69, 9.17) is 11.0 Å². The Morgan fingerprint density at radius 3 is 1.87 bits per heavy atom. The van der Waals surface area contributed by atoms with Gasteiger partial charge in [-0.1, -0.05) is 103 Å². The average molecular weight is 493 g/mol. The summed E-state index contributed by atoms with van der Waals surface area (Å²) in [5, 5.41) is 1.78. The minimum atomic E-state index is -0.461. The Bertz CT molecular complexity index is 2490. The summed E-state index contributed by atoms with van der Waals surface area (Å²) in [5.74, 6) is 0. The van der Waals surface area contributed by atoms with E-state index >= 15 is 0 Å². The molecule has 0 saturated carbocycles. The minimum absolute atomic E-state index is 0.0595. The molecule has 0 aliphatic rings. The van der Waals surface area contributed by atoms with Crippen LogP contribution in [-0.2, 0) is 0 Å². The van der Waals surface area contributed by atoms with E-state index < -0.39 is 24.2 Å². The summed E-state index contributed by atoms with van der Waals surface area (Å²) >= 11 is 0. The molecule has 0 radical (unpaired) electrons. The van der Waals surface area contributed by atoms with Crippen molar-refractivity contribution in [1.29, 1.82) is 0 Å². The molecule has 2 heterocycles. The molecule has 0 bridgehead atoms. The van der Waals surface area contributed by atoms with E-state index in [1.165, 1.54) is 0 Å². The van der Waals surface area contributed by atoms with E-state index in [-0.39, 0.29) is 46.0 Å². The van der Waals surface area contributed by atoms with Crippen molar-refractivity contribution in [3.8, 4) is 22.5 Å². The molecule has 38 heavy (non-hydrogen) atoms. The van der Waals surface area contributed by atoms with Crippen LogP contribution in [0, 0.1) is 0 Å². The molecule has 2 nitrogen and oxygen atoms in total. The van der Waals surface area contributed by atoms with E-state index in [0.717, 1.165) is 38.6 Å². The molecular formula is C36H24N2. The largest absolute Gasteiger partial charge is 0.309 e. The maximum Gasteiger partial charge on any atom is 0.0645 e. The van der Waals surface area contributed by atoms with Crippen LogP contribution in [0.1, 0.15) is 11.0 Å². The molecule has 2 heteroatoms. The molecule has 0 N–H and O–H groups in total. The highest BCUT2D eigenvalue weighted by Crippen LogP contribution is 2.40. The monoisotopic (exact) mass is 492 g/mol. The maximum absolute atomic E-state index is 8.98. The summed E-state index contributed by atoms with van der Waals surface area (Å²) in [6, 6.07) is 28.8. The first-order valence-corrected chi connectivity index (χ1v) is 12.4. The van der Waals surface area contributed by atoms with Crippen LogP contribution >= 0.6 is 0 Å². The van der Waals surface area contributed by atoms with Crippen LogP contribution in [0.2, 0.25) is 0 Å². The third-order valence-corrected chi connectivity index (χ3v) is 7.16. The summed E-state index contributed by atoms with van der Waals surface area (Å²) in [6.45, 7) is 0. The van der Waals surface area contributed by atoms with Crippen molar-refractivity contribution in [2.24, 2.45) is 0 Å². The highest BCUT2D eigenvalue weighted by Gasteiger charge is 2.19. The average Bonchev–Trinajstić information content (AvgIpc) is 3.63. The van der Waals surface area contributed by atoms with E-state index in [1.807, 2.05) is 72.8 Å². The van der Waals surface area contributed by atoms with Crippen molar-refractivity contribution in [2.75, 3.05) is 0 Å². The lowest BCUT2D eigenvalue weighted by Gasteiger charge is -2.12. The van der Waals surface area contributed by atoms with Gasteiger partial charge >= 0.3 is 0 Å². The van der Waals surface area contributed by atoms with E-state index in [1.54, 1.807) is 4.57 Å². The third-order valence-electron chi connectivity index (χ3n) is 7.16. The smallest absolute Gasteiger partial charge is 0.0645 e. The topological polar surface area (TPSA) is 9.86 Å². The normalized spacial score (nSPS) is 14.6. The first kappa shape index (κ1) is 14.6. The summed E-state index contributed by atoms with van der Waals surface area (Å²) < 4.78 is 73.2. The molecule has 0 atom stereocenters. The second kappa shape index (κ2) is 8.22. The standard InChI is InChI=1S/C36H24N2/c1-2-12-25(13-3-1)26-14-10-15-27(24-26)37-33-21-9-6-18-30(33)36-34(37)22-11-23-35(36)38-31-19-7-4-16-28(31)29-17-5-8-20-32(29)38/h1-24H/i4D,5D,7D,8D,16D,17D,19D,20D. The van der Waals surface area contributed by atoms with Crippen LogP contribution in [0.3, 0.4) is 0 Å². The summed E-state index contributed by atoms with van der Waals surface area (Å²) in [5.41, 5.74) is 5.55. The Kier molecular flexibility index (Phi) is 3.16. The van der Waals surface area contributed by atoms with Gasteiger partial charge in [0, 0.05) is 27.2 Å². The number of fused-ring (bicyclic) bond motifs is 6.